The maximum atomic E-state index is 4.57. The van der Waals surface area contributed by atoms with Crippen molar-refractivity contribution in [3.8, 4) is 0 Å². The van der Waals surface area contributed by atoms with Crippen molar-refractivity contribution in [3.63, 3.8) is 0 Å². The zero-order valence-corrected chi connectivity index (χ0v) is 14.4. The maximum absolute atomic E-state index is 4.57. The van der Waals surface area contributed by atoms with Gasteiger partial charge in [0.25, 0.3) is 0 Å². The van der Waals surface area contributed by atoms with Gasteiger partial charge in [-0.05, 0) is 40.3 Å². The molecule has 1 heterocycles. The van der Waals surface area contributed by atoms with Gasteiger partial charge >= 0.3 is 0 Å². The lowest BCUT2D eigenvalue weighted by atomic mass is 10.2. The summed E-state index contributed by atoms with van der Waals surface area (Å²) < 4.78 is 0. The van der Waals surface area contributed by atoms with Gasteiger partial charge in [0.15, 0.2) is 0 Å². The normalized spacial score (nSPS) is 11.5. The zero-order valence-electron chi connectivity index (χ0n) is 14.4. The van der Waals surface area contributed by atoms with Gasteiger partial charge in [-0.3, -0.25) is 0 Å². The second kappa shape index (κ2) is 8.82. The Morgan fingerprint density at radius 3 is 2.33 bits per heavy atom. The summed E-state index contributed by atoms with van der Waals surface area (Å²) in [5, 5.41) is 6.50. The lowest BCUT2D eigenvalue weighted by molar-refractivity contribution is 0.269. The first-order chi connectivity index (χ1) is 9.93. The number of hydrogen-bond acceptors (Lipinski definition) is 5. The average molecular weight is 293 g/mol. The van der Waals surface area contributed by atoms with Crippen molar-refractivity contribution in [1.82, 2.24) is 14.9 Å². The molecule has 0 spiro atoms. The standard InChI is InChI=1S/C16H31N5/c1-12(2)16-19-14(17-5)11-15(20-16)18-9-7-8-10-21(6)13(3)4/h11-13H,7-10H2,1-6H3,(H2,17,18,19,20). The molecule has 0 aromatic carbocycles. The van der Waals surface area contributed by atoms with Gasteiger partial charge in [0.05, 0.1) is 0 Å². The molecular weight excluding hydrogens is 262 g/mol. The maximum Gasteiger partial charge on any atom is 0.135 e. The third-order valence-corrected chi connectivity index (χ3v) is 3.64. The predicted octanol–water partition coefficient (Wildman–Crippen LogP) is 3.17. The summed E-state index contributed by atoms with van der Waals surface area (Å²) in [5.74, 6) is 2.99. The third kappa shape index (κ3) is 6.29. The van der Waals surface area contributed by atoms with Gasteiger partial charge in [-0.1, -0.05) is 13.8 Å². The predicted molar refractivity (Wildman–Crippen MR) is 91.2 cm³/mol. The van der Waals surface area contributed by atoms with E-state index in [1.54, 1.807) is 0 Å². The second-order valence-corrected chi connectivity index (χ2v) is 6.11. The van der Waals surface area contributed by atoms with Crippen LogP contribution in [0.15, 0.2) is 6.07 Å². The zero-order chi connectivity index (χ0) is 15.8. The topological polar surface area (TPSA) is 53.1 Å². The molecule has 0 atom stereocenters. The van der Waals surface area contributed by atoms with Crippen LogP contribution in [-0.4, -0.2) is 48.1 Å². The SMILES string of the molecule is CNc1cc(NCCCCN(C)C(C)C)nc(C(C)C)n1. The molecule has 0 saturated carbocycles. The second-order valence-electron chi connectivity index (χ2n) is 6.11. The van der Waals surface area contributed by atoms with Crippen LogP contribution in [0.2, 0.25) is 0 Å². The van der Waals surface area contributed by atoms with Crippen molar-refractivity contribution in [2.45, 2.75) is 52.5 Å². The molecule has 1 aromatic rings. The number of anilines is 2. The van der Waals surface area contributed by atoms with Crippen molar-refractivity contribution in [1.29, 1.82) is 0 Å². The number of rotatable bonds is 9. The Morgan fingerprint density at radius 2 is 1.76 bits per heavy atom. The first-order valence-corrected chi connectivity index (χ1v) is 7.95. The molecule has 0 aliphatic heterocycles. The number of nitrogens with zero attached hydrogens (tertiary/aromatic N) is 3. The summed E-state index contributed by atoms with van der Waals surface area (Å²) in [5.41, 5.74) is 0. The lowest BCUT2D eigenvalue weighted by Crippen LogP contribution is -2.27. The third-order valence-electron chi connectivity index (χ3n) is 3.64. The summed E-state index contributed by atoms with van der Waals surface area (Å²) >= 11 is 0. The Hall–Kier alpha value is -1.36. The van der Waals surface area contributed by atoms with E-state index in [4.69, 9.17) is 0 Å². The van der Waals surface area contributed by atoms with Crippen LogP contribution in [0.25, 0.3) is 0 Å². The Balaban J connectivity index is 2.43. The van der Waals surface area contributed by atoms with Crippen LogP contribution in [0, 0.1) is 0 Å². The van der Waals surface area contributed by atoms with Crippen molar-refractivity contribution < 1.29 is 0 Å². The van der Waals surface area contributed by atoms with Crippen molar-refractivity contribution in [3.05, 3.63) is 11.9 Å². The molecule has 0 aliphatic rings. The van der Waals surface area contributed by atoms with Crippen molar-refractivity contribution in [2.24, 2.45) is 0 Å². The molecule has 2 N–H and O–H groups in total. The van der Waals surface area contributed by atoms with E-state index in [2.05, 4.69) is 60.2 Å². The van der Waals surface area contributed by atoms with E-state index < -0.39 is 0 Å². The molecule has 0 aliphatic carbocycles. The van der Waals surface area contributed by atoms with Gasteiger partial charge in [0, 0.05) is 31.6 Å². The molecule has 21 heavy (non-hydrogen) atoms. The summed E-state index contributed by atoms with van der Waals surface area (Å²) in [7, 11) is 4.06. The Kier molecular flexibility index (Phi) is 7.43. The fourth-order valence-electron chi connectivity index (χ4n) is 1.90. The highest BCUT2D eigenvalue weighted by Gasteiger charge is 2.07. The summed E-state index contributed by atoms with van der Waals surface area (Å²) in [6, 6.07) is 2.58. The van der Waals surface area contributed by atoms with Gasteiger partial charge in [0.2, 0.25) is 0 Å². The van der Waals surface area contributed by atoms with Crippen LogP contribution in [0.1, 0.15) is 52.3 Å². The van der Waals surface area contributed by atoms with Crippen LogP contribution in [-0.2, 0) is 0 Å². The molecular formula is C16H31N5. The van der Waals surface area contributed by atoms with E-state index in [1.165, 1.54) is 6.42 Å². The van der Waals surface area contributed by atoms with E-state index in [9.17, 15) is 0 Å². The highest BCUT2D eigenvalue weighted by molar-refractivity contribution is 5.47. The Labute approximate surface area is 129 Å². The lowest BCUT2D eigenvalue weighted by Gasteiger charge is -2.20. The molecule has 0 fully saturated rings. The molecule has 0 saturated heterocycles. The largest absolute Gasteiger partial charge is 0.373 e. The minimum atomic E-state index is 0.332. The highest BCUT2D eigenvalue weighted by Crippen LogP contribution is 2.16. The monoisotopic (exact) mass is 293 g/mol. The van der Waals surface area contributed by atoms with Crippen LogP contribution in [0.3, 0.4) is 0 Å². The highest BCUT2D eigenvalue weighted by atomic mass is 15.1. The van der Waals surface area contributed by atoms with E-state index in [1.807, 2.05) is 13.1 Å². The Bertz CT molecular complexity index is 417. The van der Waals surface area contributed by atoms with Gasteiger partial charge in [-0.15, -0.1) is 0 Å². The quantitative estimate of drug-likeness (QED) is 0.685. The molecule has 1 rings (SSSR count). The molecule has 0 bridgehead atoms. The fraction of sp³-hybridized carbons (Fsp3) is 0.750. The molecule has 1 aromatic heterocycles. The molecule has 120 valence electrons. The fourth-order valence-corrected chi connectivity index (χ4v) is 1.90. The van der Waals surface area contributed by atoms with Crippen LogP contribution in [0.5, 0.6) is 0 Å². The smallest absolute Gasteiger partial charge is 0.135 e. The Morgan fingerprint density at radius 1 is 1.10 bits per heavy atom. The number of nitrogens with one attached hydrogen (secondary N) is 2. The van der Waals surface area contributed by atoms with E-state index in [-0.39, 0.29) is 0 Å². The minimum Gasteiger partial charge on any atom is -0.373 e. The van der Waals surface area contributed by atoms with Crippen LogP contribution >= 0.6 is 0 Å². The van der Waals surface area contributed by atoms with Gasteiger partial charge in [-0.2, -0.15) is 0 Å². The first-order valence-electron chi connectivity index (χ1n) is 7.95. The van der Waals surface area contributed by atoms with E-state index in [0.717, 1.165) is 37.0 Å². The van der Waals surface area contributed by atoms with Crippen molar-refractivity contribution >= 4 is 11.6 Å². The number of aromatic nitrogens is 2. The summed E-state index contributed by atoms with van der Waals surface area (Å²) in [6.45, 7) is 10.8. The van der Waals surface area contributed by atoms with Gasteiger partial charge in [-0.25, -0.2) is 9.97 Å². The van der Waals surface area contributed by atoms with Gasteiger partial charge in [0.1, 0.15) is 17.5 Å². The molecule has 0 unspecified atom stereocenters. The molecule has 0 amide bonds. The summed E-state index contributed by atoms with van der Waals surface area (Å²) in [6.07, 6.45) is 2.34. The van der Waals surface area contributed by atoms with Gasteiger partial charge < -0.3 is 15.5 Å². The number of unbranched alkanes of at least 4 members (excludes halogenated alkanes) is 1. The van der Waals surface area contributed by atoms with Crippen LogP contribution < -0.4 is 10.6 Å². The number of hydrogen-bond donors (Lipinski definition) is 2. The van der Waals surface area contributed by atoms with E-state index >= 15 is 0 Å². The van der Waals surface area contributed by atoms with E-state index in [0.29, 0.717) is 12.0 Å². The molecule has 5 heteroatoms. The minimum absolute atomic E-state index is 0.332. The first kappa shape index (κ1) is 17.7. The molecule has 5 nitrogen and oxygen atoms in total. The molecule has 0 radical (unpaired) electrons. The van der Waals surface area contributed by atoms with Crippen LogP contribution in [0.4, 0.5) is 11.6 Å². The van der Waals surface area contributed by atoms with Crippen molar-refractivity contribution in [2.75, 3.05) is 37.8 Å². The summed E-state index contributed by atoms with van der Waals surface area (Å²) in [4.78, 5) is 11.4. The average Bonchev–Trinajstić information content (AvgIpc) is 2.46.